The maximum absolute atomic E-state index is 6.15. The first-order valence-corrected chi connectivity index (χ1v) is 10.6. The molecule has 0 aromatic rings. The van der Waals surface area contributed by atoms with Crippen molar-refractivity contribution in [2.24, 2.45) is 28.2 Å². The molecule has 7 unspecified atom stereocenters. The summed E-state index contributed by atoms with van der Waals surface area (Å²) in [7, 11) is 0. The van der Waals surface area contributed by atoms with Gasteiger partial charge in [0.2, 0.25) is 0 Å². The van der Waals surface area contributed by atoms with Crippen molar-refractivity contribution in [2.45, 2.75) is 69.8 Å². The molecule has 1 spiro atoms. The summed E-state index contributed by atoms with van der Waals surface area (Å²) in [4.78, 5) is 7.47. The number of hydrogen-bond acceptors (Lipinski definition) is 3. The number of aliphatic imine (C=N–C) groups is 1. The predicted molar refractivity (Wildman–Crippen MR) is 95.5 cm³/mol. The molecule has 5 heteroatoms. The lowest BCUT2D eigenvalue weighted by atomic mass is 9.46. The molecule has 7 atom stereocenters. The molecule has 4 heterocycles. The Morgan fingerprint density at radius 3 is 2.52 bits per heavy atom. The van der Waals surface area contributed by atoms with Gasteiger partial charge in [-0.15, -0.1) is 0 Å². The van der Waals surface area contributed by atoms with Crippen LogP contribution in [0, 0.1) is 23.2 Å². The molecule has 2 bridgehead atoms. The highest BCUT2D eigenvalue weighted by Gasteiger charge is 2.67. The number of guanidine groups is 1. The van der Waals surface area contributed by atoms with E-state index >= 15 is 0 Å². The van der Waals surface area contributed by atoms with Crippen LogP contribution >= 0.6 is 0 Å². The fourth-order valence-electron chi connectivity index (χ4n) is 7.11. The molecule has 2 aliphatic carbocycles. The van der Waals surface area contributed by atoms with Crippen molar-refractivity contribution in [1.82, 2.24) is 10.2 Å². The number of nitrogens with zero attached hydrogens (tertiary/aromatic N) is 2. The van der Waals surface area contributed by atoms with Gasteiger partial charge in [0.25, 0.3) is 0 Å². The fourth-order valence-corrected chi connectivity index (χ4v) is 7.11. The van der Waals surface area contributed by atoms with Crippen molar-refractivity contribution in [2.75, 3.05) is 26.2 Å². The third kappa shape index (κ3) is 1.94. The number of ether oxygens (including phenoxy) is 2. The second-order valence-corrected chi connectivity index (χ2v) is 9.27. The van der Waals surface area contributed by atoms with Crippen molar-refractivity contribution >= 4 is 5.96 Å². The Kier molecular flexibility index (Phi) is 3.27. The van der Waals surface area contributed by atoms with Gasteiger partial charge in [-0.05, 0) is 39.0 Å². The Balaban J connectivity index is 1.20. The standard InChI is InChI=1S/C20H31N3O2/c1-2-21-19(23-10-13-14(11-23)16-5-4-15(13)25-16)22-17-12-6-9-24-18(12)20(17)7-3-8-20/h12-18H,2-11H2,1H3,(H,21,22). The average molecular weight is 345 g/mol. The first-order chi connectivity index (χ1) is 12.3. The molecule has 6 fully saturated rings. The highest BCUT2D eigenvalue weighted by molar-refractivity contribution is 5.81. The maximum Gasteiger partial charge on any atom is 0.194 e. The fraction of sp³-hybridized carbons (Fsp3) is 0.950. The third-order valence-corrected chi connectivity index (χ3v) is 8.38. The van der Waals surface area contributed by atoms with E-state index in [1.807, 2.05) is 0 Å². The van der Waals surface area contributed by atoms with Gasteiger partial charge in [0.15, 0.2) is 5.96 Å². The molecule has 0 radical (unpaired) electrons. The van der Waals surface area contributed by atoms with E-state index in [1.165, 1.54) is 44.5 Å². The van der Waals surface area contributed by atoms with E-state index in [0.29, 0.717) is 35.7 Å². The van der Waals surface area contributed by atoms with Crippen LogP contribution in [0.1, 0.15) is 45.4 Å². The summed E-state index contributed by atoms with van der Waals surface area (Å²) in [5.41, 5.74) is 0.424. The molecule has 5 nitrogen and oxygen atoms in total. The molecule has 4 saturated heterocycles. The highest BCUT2D eigenvalue weighted by Crippen LogP contribution is 2.62. The lowest BCUT2D eigenvalue weighted by Gasteiger charge is -2.63. The molecular weight excluding hydrogens is 314 g/mol. The summed E-state index contributed by atoms with van der Waals surface area (Å²) in [6.07, 6.45) is 9.42. The predicted octanol–water partition coefficient (Wildman–Crippen LogP) is 2.02. The average Bonchev–Trinajstić information content (AvgIpc) is 3.30. The quantitative estimate of drug-likeness (QED) is 0.614. The van der Waals surface area contributed by atoms with Gasteiger partial charge in [-0.25, -0.2) is 0 Å². The highest BCUT2D eigenvalue weighted by atomic mass is 16.5. The zero-order valence-corrected chi connectivity index (χ0v) is 15.3. The van der Waals surface area contributed by atoms with E-state index < -0.39 is 0 Å². The van der Waals surface area contributed by atoms with E-state index in [1.54, 1.807) is 0 Å². The second kappa shape index (κ2) is 5.35. The van der Waals surface area contributed by atoms with E-state index in [2.05, 4.69) is 17.1 Å². The van der Waals surface area contributed by atoms with Gasteiger partial charge in [-0.2, -0.15) is 0 Å². The summed E-state index contributed by atoms with van der Waals surface area (Å²) in [6.45, 7) is 6.27. The maximum atomic E-state index is 6.15. The molecule has 0 amide bonds. The molecule has 6 rings (SSSR count). The van der Waals surface area contributed by atoms with Gasteiger partial charge in [0.1, 0.15) is 0 Å². The molecule has 4 aliphatic heterocycles. The zero-order chi connectivity index (χ0) is 16.6. The van der Waals surface area contributed by atoms with Gasteiger partial charge in [-0.1, -0.05) is 6.42 Å². The minimum Gasteiger partial charge on any atom is -0.377 e. The smallest absolute Gasteiger partial charge is 0.194 e. The summed E-state index contributed by atoms with van der Waals surface area (Å²) < 4.78 is 12.2. The monoisotopic (exact) mass is 345 g/mol. The molecule has 1 N–H and O–H groups in total. The number of fused-ring (bicyclic) bond motifs is 7. The summed E-state index contributed by atoms with van der Waals surface area (Å²) in [5, 5.41) is 3.95. The van der Waals surface area contributed by atoms with Crippen molar-refractivity contribution in [3.63, 3.8) is 0 Å². The number of likely N-dealkylation sites (tertiary alicyclic amines) is 1. The Labute approximate surface area is 150 Å². The molecule has 138 valence electrons. The van der Waals surface area contributed by atoms with Crippen LogP contribution in [0.15, 0.2) is 4.99 Å². The van der Waals surface area contributed by atoms with Crippen LogP contribution in [-0.4, -0.2) is 61.5 Å². The van der Waals surface area contributed by atoms with Gasteiger partial charge in [-0.3, -0.25) is 4.99 Å². The van der Waals surface area contributed by atoms with Gasteiger partial charge < -0.3 is 19.7 Å². The summed E-state index contributed by atoms with van der Waals surface area (Å²) in [5.74, 6) is 3.37. The van der Waals surface area contributed by atoms with Crippen molar-refractivity contribution in [3.05, 3.63) is 0 Å². The second-order valence-electron chi connectivity index (χ2n) is 9.27. The molecule has 25 heavy (non-hydrogen) atoms. The summed E-state index contributed by atoms with van der Waals surface area (Å²) >= 11 is 0. The van der Waals surface area contributed by atoms with Crippen molar-refractivity contribution in [3.8, 4) is 0 Å². The van der Waals surface area contributed by atoms with E-state index in [9.17, 15) is 0 Å². The van der Waals surface area contributed by atoms with E-state index in [0.717, 1.165) is 38.1 Å². The normalized spacial score (nSPS) is 49.1. The first-order valence-electron chi connectivity index (χ1n) is 10.6. The van der Waals surface area contributed by atoms with Gasteiger partial charge >= 0.3 is 0 Å². The topological polar surface area (TPSA) is 46.1 Å². The van der Waals surface area contributed by atoms with Crippen LogP contribution in [0.25, 0.3) is 0 Å². The Morgan fingerprint density at radius 2 is 1.88 bits per heavy atom. The summed E-state index contributed by atoms with van der Waals surface area (Å²) in [6, 6.07) is 0.590. The van der Waals surface area contributed by atoms with Gasteiger partial charge in [0, 0.05) is 55.5 Å². The van der Waals surface area contributed by atoms with E-state index in [4.69, 9.17) is 14.5 Å². The Bertz CT molecular complexity index is 571. The molecule has 0 aromatic heterocycles. The lowest BCUT2D eigenvalue weighted by Crippen LogP contribution is -2.72. The van der Waals surface area contributed by atoms with Gasteiger partial charge in [0.05, 0.1) is 18.3 Å². The SMILES string of the molecule is CCN=C(NC1C2CCOC2C12CCC2)N1CC2C3CCC(O3)C2C1. The van der Waals surface area contributed by atoms with Crippen LogP contribution < -0.4 is 5.32 Å². The lowest BCUT2D eigenvalue weighted by molar-refractivity contribution is -0.171. The molecule has 2 saturated carbocycles. The largest absolute Gasteiger partial charge is 0.377 e. The molecular formula is C20H31N3O2. The molecule has 6 aliphatic rings. The van der Waals surface area contributed by atoms with Crippen molar-refractivity contribution in [1.29, 1.82) is 0 Å². The third-order valence-electron chi connectivity index (χ3n) is 8.38. The van der Waals surface area contributed by atoms with Crippen LogP contribution in [0.5, 0.6) is 0 Å². The van der Waals surface area contributed by atoms with E-state index in [-0.39, 0.29) is 0 Å². The van der Waals surface area contributed by atoms with Crippen LogP contribution in [0.4, 0.5) is 0 Å². The minimum absolute atomic E-state index is 0.424. The Morgan fingerprint density at radius 1 is 1.12 bits per heavy atom. The Hall–Kier alpha value is -0.810. The first kappa shape index (κ1) is 15.3. The zero-order valence-electron chi connectivity index (χ0n) is 15.3. The van der Waals surface area contributed by atoms with Crippen LogP contribution in [0.3, 0.4) is 0 Å². The van der Waals surface area contributed by atoms with Crippen LogP contribution in [-0.2, 0) is 9.47 Å². The minimum atomic E-state index is 0.424. The number of nitrogens with one attached hydrogen (secondary N) is 1. The van der Waals surface area contributed by atoms with Crippen molar-refractivity contribution < 1.29 is 9.47 Å². The van der Waals surface area contributed by atoms with Crippen LogP contribution in [0.2, 0.25) is 0 Å². The number of rotatable bonds is 2. The number of hydrogen-bond donors (Lipinski definition) is 1. The molecule has 0 aromatic carbocycles.